The van der Waals surface area contributed by atoms with Gasteiger partial charge >= 0.3 is 5.97 Å². The van der Waals surface area contributed by atoms with E-state index in [1.165, 1.54) is 0 Å². The molecular formula is C16H24N2O3. The first kappa shape index (κ1) is 17.0. The maximum absolute atomic E-state index is 12.4. The van der Waals surface area contributed by atoms with Crippen molar-refractivity contribution in [3.63, 3.8) is 0 Å². The fraction of sp³-hybridized carbons (Fsp3) is 0.500. The number of anilines is 1. The highest BCUT2D eigenvalue weighted by Crippen LogP contribution is 2.24. The Labute approximate surface area is 125 Å². The van der Waals surface area contributed by atoms with Gasteiger partial charge in [0.1, 0.15) is 0 Å². The van der Waals surface area contributed by atoms with E-state index in [1.807, 2.05) is 32.9 Å². The molecule has 0 bridgehead atoms. The van der Waals surface area contributed by atoms with Crippen LogP contribution in [0.1, 0.15) is 45.6 Å². The lowest BCUT2D eigenvalue weighted by molar-refractivity contribution is -0.137. The first-order valence-corrected chi connectivity index (χ1v) is 7.12. The molecule has 1 rings (SSSR count). The summed E-state index contributed by atoms with van der Waals surface area (Å²) >= 11 is 0. The third kappa shape index (κ3) is 5.10. The second kappa shape index (κ2) is 7.11. The summed E-state index contributed by atoms with van der Waals surface area (Å²) in [6, 6.07) is 7.21. The zero-order chi connectivity index (χ0) is 16.0. The molecule has 0 aromatic heterocycles. The molecule has 4 N–H and O–H groups in total. The second-order valence-corrected chi connectivity index (χ2v) is 5.91. The minimum absolute atomic E-state index is 0.0510. The van der Waals surface area contributed by atoms with Crippen LogP contribution in [0.4, 0.5) is 5.69 Å². The van der Waals surface area contributed by atoms with Gasteiger partial charge < -0.3 is 16.2 Å². The van der Waals surface area contributed by atoms with Crippen molar-refractivity contribution in [1.82, 2.24) is 5.32 Å². The Balaban J connectivity index is 2.60. The van der Waals surface area contributed by atoms with E-state index in [9.17, 15) is 9.59 Å². The average Bonchev–Trinajstić information content (AvgIpc) is 2.38. The number of amides is 1. The van der Waals surface area contributed by atoms with Crippen LogP contribution < -0.4 is 11.1 Å². The number of nitrogens with two attached hydrogens (primary N) is 1. The fourth-order valence-electron chi connectivity index (χ4n) is 2.07. The quantitative estimate of drug-likeness (QED) is 0.672. The van der Waals surface area contributed by atoms with Crippen LogP contribution in [-0.4, -0.2) is 23.0 Å². The molecular weight excluding hydrogens is 268 g/mol. The Bertz CT molecular complexity index is 495. The summed E-state index contributed by atoms with van der Waals surface area (Å²) < 4.78 is 0. The van der Waals surface area contributed by atoms with Crippen molar-refractivity contribution >= 4 is 17.6 Å². The molecule has 0 heterocycles. The molecule has 0 saturated heterocycles. The number of benzene rings is 1. The molecule has 1 atom stereocenters. The normalized spacial score (nSPS) is 12.7. The molecule has 5 heteroatoms. The first-order valence-electron chi connectivity index (χ1n) is 7.12. The van der Waals surface area contributed by atoms with Crippen molar-refractivity contribution in [3.8, 4) is 0 Å². The summed E-state index contributed by atoms with van der Waals surface area (Å²) in [5, 5.41) is 11.6. The topological polar surface area (TPSA) is 92.4 Å². The SMILES string of the molecule is CC(CCCC(=O)O)NC(=O)C(C)(C)c1ccc(N)cc1. The largest absolute Gasteiger partial charge is 0.481 e. The molecule has 0 aliphatic heterocycles. The van der Waals surface area contributed by atoms with E-state index >= 15 is 0 Å². The van der Waals surface area contributed by atoms with Gasteiger partial charge in [0.2, 0.25) is 5.91 Å². The number of carboxylic acid groups (broad SMARTS) is 1. The van der Waals surface area contributed by atoms with Gasteiger partial charge in [0.15, 0.2) is 0 Å². The highest BCUT2D eigenvalue weighted by molar-refractivity contribution is 5.87. The maximum atomic E-state index is 12.4. The predicted octanol–water partition coefficient (Wildman–Crippen LogP) is 2.31. The van der Waals surface area contributed by atoms with Gasteiger partial charge in [0.25, 0.3) is 0 Å². The Morgan fingerprint density at radius 1 is 1.29 bits per heavy atom. The lowest BCUT2D eigenvalue weighted by Gasteiger charge is -2.26. The van der Waals surface area contributed by atoms with E-state index in [0.717, 1.165) is 5.56 Å². The molecule has 0 aliphatic rings. The summed E-state index contributed by atoms with van der Waals surface area (Å²) in [6.45, 7) is 5.61. The molecule has 0 aliphatic carbocycles. The van der Waals surface area contributed by atoms with Crippen LogP contribution in [0.15, 0.2) is 24.3 Å². The lowest BCUT2D eigenvalue weighted by atomic mass is 9.83. The summed E-state index contributed by atoms with van der Waals surface area (Å²) in [5.74, 6) is -0.883. The van der Waals surface area contributed by atoms with E-state index in [4.69, 9.17) is 10.8 Å². The number of nitrogen functional groups attached to an aromatic ring is 1. The number of carbonyl (C=O) groups excluding carboxylic acids is 1. The smallest absolute Gasteiger partial charge is 0.303 e. The number of hydrogen-bond acceptors (Lipinski definition) is 3. The van der Waals surface area contributed by atoms with E-state index < -0.39 is 11.4 Å². The average molecular weight is 292 g/mol. The highest BCUT2D eigenvalue weighted by atomic mass is 16.4. The number of carbonyl (C=O) groups is 2. The third-order valence-corrected chi connectivity index (χ3v) is 3.61. The minimum Gasteiger partial charge on any atom is -0.481 e. The van der Waals surface area contributed by atoms with Gasteiger partial charge in [-0.3, -0.25) is 9.59 Å². The highest BCUT2D eigenvalue weighted by Gasteiger charge is 2.30. The van der Waals surface area contributed by atoms with E-state index in [0.29, 0.717) is 18.5 Å². The monoisotopic (exact) mass is 292 g/mol. The Hall–Kier alpha value is -2.04. The fourth-order valence-corrected chi connectivity index (χ4v) is 2.07. The standard InChI is InChI=1S/C16H24N2O3/c1-11(5-4-6-14(19)20)18-15(21)16(2,3)12-7-9-13(17)10-8-12/h7-11H,4-6,17H2,1-3H3,(H,18,21)(H,19,20). The van der Waals surface area contributed by atoms with E-state index in [2.05, 4.69) is 5.32 Å². The third-order valence-electron chi connectivity index (χ3n) is 3.61. The van der Waals surface area contributed by atoms with Gasteiger partial charge in [-0.25, -0.2) is 0 Å². The van der Waals surface area contributed by atoms with Crippen LogP contribution in [0.5, 0.6) is 0 Å². The molecule has 5 nitrogen and oxygen atoms in total. The Morgan fingerprint density at radius 3 is 2.38 bits per heavy atom. The molecule has 0 saturated carbocycles. The van der Waals surface area contributed by atoms with Gasteiger partial charge in [-0.05, 0) is 51.3 Å². The maximum Gasteiger partial charge on any atom is 0.303 e. The van der Waals surface area contributed by atoms with Crippen LogP contribution in [0.2, 0.25) is 0 Å². The molecule has 116 valence electrons. The summed E-state index contributed by atoms with van der Waals surface area (Å²) in [4.78, 5) is 22.9. The number of aliphatic carboxylic acids is 1. The summed E-state index contributed by atoms with van der Waals surface area (Å²) in [6.07, 6.45) is 1.33. The van der Waals surface area contributed by atoms with Crippen LogP contribution in [0, 0.1) is 0 Å². The minimum atomic E-state index is -0.810. The van der Waals surface area contributed by atoms with Gasteiger partial charge in [0.05, 0.1) is 5.41 Å². The first-order chi connectivity index (χ1) is 9.73. The van der Waals surface area contributed by atoms with Crippen molar-refractivity contribution in [2.24, 2.45) is 0 Å². The molecule has 21 heavy (non-hydrogen) atoms. The van der Waals surface area contributed by atoms with Crippen LogP contribution >= 0.6 is 0 Å². The molecule has 1 aromatic carbocycles. The zero-order valence-electron chi connectivity index (χ0n) is 12.8. The molecule has 1 amide bonds. The summed E-state index contributed by atoms with van der Waals surface area (Å²) in [5.41, 5.74) is 6.56. The van der Waals surface area contributed by atoms with Crippen molar-refractivity contribution in [2.45, 2.75) is 51.5 Å². The van der Waals surface area contributed by atoms with Gasteiger partial charge in [-0.1, -0.05) is 12.1 Å². The molecule has 1 aromatic rings. The Morgan fingerprint density at radius 2 is 1.86 bits per heavy atom. The van der Waals surface area contributed by atoms with E-state index in [1.54, 1.807) is 12.1 Å². The van der Waals surface area contributed by atoms with Gasteiger partial charge in [0, 0.05) is 18.2 Å². The van der Waals surface area contributed by atoms with Crippen LogP contribution in [0.25, 0.3) is 0 Å². The predicted molar refractivity (Wildman–Crippen MR) is 83.0 cm³/mol. The molecule has 0 spiro atoms. The lowest BCUT2D eigenvalue weighted by Crippen LogP contribution is -2.44. The van der Waals surface area contributed by atoms with Crippen molar-refractivity contribution in [3.05, 3.63) is 29.8 Å². The van der Waals surface area contributed by atoms with Gasteiger partial charge in [-0.15, -0.1) is 0 Å². The van der Waals surface area contributed by atoms with Crippen LogP contribution in [0.3, 0.4) is 0 Å². The van der Waals surface area contributed by atoms with Crippen molar-refractivity contribution < 1.29 is 14.7 Å². The number of hydrogen-bond donors (Lipinski definition) is 3. The van der Waals surface area contributed by atoms with Crippen molar-refractivity contribution in [1.29, 1.82) is 0 Å². The number of carboxylic acids is 1. The van der Waals surface area contributed by atoms with E-state index in [-0.39, 0.29) is 18.4 Å². The number of rotatable bonds is 7. The van der Waals surface area contributed by atoms with Crippen molar-refractivity contribution in [2.75, 3.05) is 5.73 Å². The number of nitrogens with one attached hydrogen (secondary N) is 1. The Kier molecular flexibility index (Phi) is 5.76. The van der Waals surface area contributed by atoms with Crippen LogP contribution in [-0.2, 0) is 15.0 Å². The zero-order valence-corrected chi connectivity index (χ0v) is 12.8. The summed E-state index contributed by atoms with van der Waals surface area (Å²) in [7, 11) is 0. The second-order valence-electron chi connectivity index (χ2n) is 5.91. The molecule has 0 radical (unpaired) electrons. The molecule has 0 fully saturated rings. The van der Waals surface area contributed by atoms with Gasteiger partial charge in [-0.2, -0.15) is 0 Å². The molecule has 1 unspecified atom stereocenters.